The average molecular weight is 340 g/mol. The molecule has 1 heterocycles. The average Bonchev–Trinajstić information content (AvgIpc) is 2.52. The lowest BCUT2D eigenvalue weighted by Gasteiger charge is -2.13. The molecule has 3 N–H and O–H groups in total. The van der Waals surface area contributed by atoms with Crippen molar-refractivity contribution in [2.24, 2.45) is 5.73 Å². The number of aromatic nitrogens is 2. The molecule has 0 aliphatic carbocycles. The van der Waals surface area contributed by atoms with Crippen LogP contribution in [-0.4, -0.2) is 40.5 Å². The number of thioether (sulfide) groups is 1. The Morgan fingerprint density at radius 3 is 2.59 bits per heavy atom. The van der Waals surface area contributed by atoms with Gasteiger partial charge in [-0.25, -0.2) is 4.98 Å². The summed E-state index contributed by atoms with van der Waals surface area (Å²) in [6, 6.07) is 6.80. The van der Waals surface area contributed by atoms with E-state index in [0.29, 0.717) is 21.3 Å². The van der Waals surface area contributed by atoms with Crippen LogP contribution in [0.25, 0.3) is 11.1 Å². The molecule has 6 nitrogen and oxygen atoms in total. The van der Waals surface area contributed by atoms with Gasteiger partial charge in [-0.2, -0.15) is 4.98 Å². The van der Waals surface area contributed by atoms with Gasteiger partial charge in [0, 0.05) is 5.02 Å². The Bertz CT molecular complexity index is 680. The predicted molar refractivity (Wildman–Crippen MR) is 85.4 cm³/mol. The largest absolute Gasteiger partial charge is 0.475 e. The Balaban J connectivity index is 2.65. The zero-order valence-corrected chi connectivity index (χ0v) is 13.3. The van der Waals surface area contributed by atoms with E-state index < -0.39 is 5.91 Å². The van der Waals surface area contributed by atoms with Gasteiger partial charge in [-0.15, -0.1) is 0 Å². The smallest absolute Gasteiger partial charge is 0.268 e. The van der Waals surface area contributed by atoms with Gasteiger partial charge in [0.15, 0.2) is 5.16 Å². The van der Waals surface area contributed by atoms with Crippen LogP contribution in [0.5, 0.6) is 5.88 Å². The molecule has 0 atom stereocenters. The number of nitrogens with two attached hydrogens (primary N) is 1. The van der Waals surface area contributed by atoms with E-state index in [1.54, 1.807) is 30.5 Å². The summed E-state index contributed by atoms with van der Waals surface area (Å²) in [6.07, 6.45) is 1.78. The molecule has 0 saturated heterocycles. The van der Waals surface area contributed by atoms with Crippen LogP contribution in [0, 0.1) is 0 Å². The first-order valence-corrected chi connectivity index (χ1v) is 7.92. The molecule has 2 aromatic rings. The fraction of sp³-hybridized carbons (Fsp3) is 0.214. The van der Waals surface area contributed by atoms with Crippen LogP contribution >= 0.6 is 23.4 Å². The van der Waals surface area contributed by atoms with Crippen LogP contribution in [-0.2, 0) is 0 Å². The second-order valence-electron chi connectivity index (χ2n) is 4.18. The maximum absolute atomic E-state index is 11.7. The van der Waals surface area contributed by atoms with Gasteiger partial charge in [0.2, 0.25) is 5.88 Å². The summed E-state index contributed by atoms with van der Waals surface area (Å²) in [5.74, 6) is -0.485. The monoisotopic (exact) mass is 339 g/mol. The molecule has 0 unspecified atom stereocenters. The number of ether oxygens (including phenoxy) is 1. The third-order valence-corrected chi connectivity index (χ3v) is 3.53. The number of hydrogen-bond acceptors (Lipinski definition) is 6. The first kappa shape index (κ1) is 16.5. The highest BCUT2D eigenvalue weighted by Gasteiger charge is 2.21. The van der Waals surface area contributed by atoms with E-state index in [1.807, 2.05) is 0 Å². The molecular weight excluding hydrogens is 326 g/mol. The second-order valence-corrected chi connectivity index (χ2v) is 5.39. The Labute approximate surface area is 136 Å². The number of carbonyl (C=O) groups is 1. The van der Waals surface area contributed by atoms with Crippen molar-refractivity contribution in [3.63, 3.8) is 0 Å². The lowest BCUT2D eigenvalue weighted by molar-refractivity contribution is 0.0994. The Hall–Kier alpha value is -1.83. The van der Waals surface area contributed by atoms with Crippen molar-refractivity contribution in [2.75, 3.05) is 19.5 Å². The van der Waals surface area contributed by atoms with Crippen LogP contribution in [0.15, 0.2) is 29.4 Å². The zero-order chi connectivity index (χ0) is 16.1. The van der Waals surface area contributed by atoms with Crippen molar-refractivity contribution >= 4 is 29.3 Å². The summed E-state index contributed by atoms with van der Waals surface area (Å²) in [5, 5.41) is 9.87. The maximum atomic E-state index is 11.7. The lowest BCUT2D eigenvalue weighted by atomic mass is 10.0. The lowest BCUT2D eigenvalue weighted by Crippen LogP contribution is -2.17. The molecule has 8 heteroatoms. The summed E-state index contributed by atoms with van der Waals surface area (Å²) in [4.78, 5) is 20.2. The summed E-state index contributed by atoms with van der Waals surface area (Å²) in [7, 11) is 0. The van der Waals surface area contributed by atoms with Crippen molar-refractivity contribution in [3.05, 3.63) is 35.0 Å². The van der Waals surface area contributed by atoms with Crippen molar-refractivity contribution < 1.29 is 14.6 Å². The van der Waals surface area contributed by atoms with E-state index in [1.165, 1.54) is 11.8 Å². The molecule has 0 bridgehead atoms. The summed E-state index contributed by atoms with van der Waals surface area (Å²) >= 11 is 7.14. The number of halogens is 1. The number of primary amides is 1. The molecule has 0 saturated carbocycles. The fourth-order valence-corrected chi connectivity index (χ4v) is 2.30. The molecule has 116 valence electrons. The number of aliphatic hydroxyl groups is 1. The van der Waals surface area contributed by atoms with Gasteiger partial charge in [-0.1, -0.05) is 35.5 Å². The van der Waals surface area contributed by atoms with Gasteiger partial charge in [0.1, 0.15) is 12.3 Å². The highest BCUT2D eigenvalue weighted by molar-refractivity contribution is 7.98. The van der Waals surface area contributed by atoms with E-state index >= 15 is 0 Å². The molecular formula is C14H14ClN3O3S. The molecule has 22 heavy (non-hydrogen) atoms. The van der Waals surface area contributed by atoms with Crippen molar-refractivity contribution in [3.8, 4) is 17.0 Å². The third kappa shape index (κ3) is 3.68. The van der Waals surface area contributed by atoms with E-state index in [0.717, 1.165) is 0 Å². The topological polar surface area (TPSA) is 98.3 Å². The highest BCUT2D eigenvalue weighted by Crippen LogP contribution is 2.33. The van der Waals surface area contributed by atoms with Crippen LogP contribution in [0.4, 0.5) is 0 Å². The van der Waals surface area contributed by atoms with E-state index in [9.17, 15) is 4.79 Å². The Morgan fingerprint density at radius 2 is 2.05 bits per heavy atom. The predicted octanol–water partition coefficient (Wildman–Crippen LogP) is 1.99. The number of benzene rings is 1. The van der Waals surface area contributed by atoms with Crippen LogP contribution in [0.1, 0.15) is 10.5 Å². The SMILES string of the molecule is CSc1nc(OCCO)c(-c2ccc(Cl)cc2)c(C(N)=O)n1. The first-order valence-electron chi connectivity index (χ1n) is 6.32. The molecule has 2 rings (SSSR count). The molecule has 1 aromatic carbocycles. The standard InChI is InChI=1S/C14H14ClN3O3S/c1-22-14-17-11(12(16)20)10(13(18-14)21-7-6-19)8-2-4-9(15)5-3-8/h2-5,19H,6-7H2,1H3,(H2,16,20). The molecule has 0 aliphatic heterocycles. The normalized spacial score (nSPS) is 10.5. The van der Waals surface area contributed by atoms with E-state index in [-0.39, 0.29) is 24.8 Å². The molecule has 1 aromatic heterocycles. The Kier molecular flexibility index (Phi) is 5.59. The van der Waals surface area contributed by atoms with Crippen LogP contribution in [0.3, 0.4) is 0 Å². The molecule has 0 spiro atoms. The van der Waals surface area contributed by atoms with Crippen LogP contribution in [0.2, 0.25) is 5.02 Å². The third-order valence-electron chi connectivity index (χ3n) is 2.73. The number of rotatable bonds is 6. The minimum atomic E-state index is -0.684. The molecule has 1 amide bonds. The zero-order valence-electron chi connectivity index (χ0n) is 11.7. The van der Waals surface area contributed by atoms with Crippen molar-refractivity contribution in [2.45, 2.75) is 5.16 Å². The molecule has 0 radical (unpaired) electrons. The van der Waals surface area contributed by atoms with E-state index in [2.05, 4.69) is 9.97 Å². The van der Waals surface area contributed by atoms with Gasteiger partial charge >= 0.3 is 0 Å². The minimum Gasteiger partial charge on any atom is -0.475 e. The maximum Gasteiger partial charge on any atom is 0.268 e. The van der Waals surface area contributed by atoms with Crippen LogP contribution < -0.4 is 10.5 Å². The van der Waals surface area contributed by atoms with Crippen molar-refractivity contribution in [1.29, 1.82) is 0 Å². The summed E-state index contributed by atoms with van der Waals surface area (Å²) in [5.41, 5.74) is 6.53. The first-order chi connectivity index (χ1) is 10.6. The molecule has 0 aliphatic rings. The number of nitrogens with zero attached hydrogens (tertiary/aromatic N) is 2. The van der Waals surface area contributed by atoms with Gasteiger partial charge in [0.25, 0.3) is 5.91 Å². The van der Waals surface area contributed by atoms with Gasteiger partial charge in [-0.3, -0.25) is 4.79 Å². The summed E-state index contributed by atoms with van der Waals surface area (Å²) < 4.78 is 5.45. The number of carbonyl (C=O) groups excluding carboxylic acids is 1. The fourth-order valence-electron chi connectivity index (χ4n) is 1.81. The number of aliphatic hydroxyl groups excluding tert-OH is 1. The highest BCUT2D eigenvalue weighted by atomic mass is 35.5. The number of amides is 1. The van der Waals surface area contributed by atoms with Crippen molar-refractivity contribution in [1.82, 2.24) is 9.97 Å². The number of hydrogen-bond donors (Lipinski definition) is 2. The van der Waals surface area contributed by atoms with Gasteiger partial charge < -0.3 is 15.6 Å². The minimum absolute atomic E-state index is 0.0453. The second kappa shape index (κ2) is 7.44. The Morgan fingerprint density at radius 1 is 1.36 bits per heavy atom. The van der Waals surface area contributed by atoms with Gasteiger partial charge in [-0.05, 0) is 24.0 Å². The molecule has 0 fully saturated rings. The van der Waals surface area contributed by atoms with Gasteiger partial charge in [0.05, 0.1) is 12.2 Å². The van der Waals surface area contributed by atoms with E-state index in [4.69, 9.17) is 27.2 Å². The summed E-state index contributed by atoms with van der Waals surface area (Å²) in [6.45, 7) is -0.131. The quantitative estimate of drug-likeness (QED) is 0.617.